The van der Waals surface area contributed by atoms with Crippen LogP contribution in [0.2, 0.25) is 0 Å². The molecule has 0 aromatic carbocycles. The molecule has 1 amide bonds. The SMILES string of the molecule is O=C(NC1CCN2CCCC12)C1CC2CCC1N2. The summed E-state index contributed by atoms with van der Waals surface area (Å²) in [7, 11) is 0. The summed E-state index contributed by atoms with van der Waals surface area (Å²) in [5.74, 6) is 0.577. The van der Waals surface area contributed by atoms with Gasteiger partial charge in [0.1, 0.15) is 0 Å². The standard InChI is InChI=1S/C14H23N3O/c18-14(10-8-9-3-4-11(10)15-9)16-12-5-7-17-6-1-2-13(12)17/h9-13,15H,1-8H2,(H,16,18). The highest BCUT2D eigenvalue weighted by molar-refractivity contribution is 5.80. The number of nitrogens with one attached hydrogen (secondary N) is 2. The molecule has 4 nitrogen and oxygen atoms in total. The normalized spacial score (nSPS) is 46.6. The van der Waals surface area contributed by atoms with Gasteiger partial charge in [0.25, 0.3) is 0 Å². The second kappa shape index (κ2) is 4.20. The lowest BCUT2D eigenvalue weighted by Gasteiger charge is -2.25. The van der Waals surface area contributed by atoms with Crippen LogP contribution in [0, 0.1) is 5.92 Å². The Labute approximate surface area is 108 Å². The molecule has 2 bridgehead atoms. The van der Waals surface area contributed by atoms with Gasteiger partial charge in [0.15, 0.2) is 0 Å². The molecule has 0 radical (unpaired) electrons. The summed E-state index contributed by atoms with van der Waals surface area (Å²) in [5, 5.41) is 6.92. The van der Waals surface area contributed by atoms with Crippen molar-refractivity contribution >= 4 is 5.91 Å². The van der Waals surface area contributed by atoms with Gasteiger partial charge in [-0.2, -0.15) is 0 Å². The van der Waals surface area contributed by atoms with Gasteiger partial charge >= 0.3 is 0 Å². The fourth-order valence-electron chi connectivity index (χ4n) is 4.65. The van der Waals surface area contributed by atoms with Gasteiger partial charge in [0.2, 0.25) is 5.91 Å². The predicted molar refractivity (Wildman–Crippen MR) is 69.2 cm³/mol. The molecule has 0 aromatic heterocycles. The lowest BCUT2D eigenvalue weighted by atomic mass is 9.88. The van der Waals surface area contributed by atoms with Crippen LogP contribution < -0.4 is 10.6 Å². The van der Waals surface area contributed by atoms with Crippen LogP contribution in [0.15, 0.2) is 0 Å². The van der Waals surface area contributed by atoms with Crippen molar-refractivity contribution in [3.63, 3.8) is 0 Å². The van der Waals surface area contributed by atoms with Gasteiger partial charge in [0, 0.05) is 30.7 Å². The Morgan fingerprint density at radius 3 is 2.89 bits per heavy atom. The molecule has 4 aliphatic rings. The molecule has 0 spiro atoms. The summed E-state index contributed by atoms with van der Waals surface area (Å²) < 4.78 is 0. The summed E-state index contributed by atoms with van der Waals surface area (Å²) in [4.78, 5) is 15.0. The smallest absolute Gasteiger partial charge is 0.225 e. The van der Waals surface area contributed by atoms with Crippen LogP contribution in [0.4, 0.5) is 0 Å². The maximum absolute atomic E-state index is 12.4. The minimum Gasteiger partial charge on any atom is -0.351 e. The third-order valence-corrected chi connectivity index (χ3v) is 5.57. The Morgan fingerprint density at radius 2 is 2.11 bits per heavy atom. The molecule has 4 fully saturated rings. The third-order valence-electron chi connectivity index (χ3n) is 5.57. The Balaban J connectivity index is 1.38. The number of hydrogen-bond acceptors (Lipinski definition) is 3. The van der Waals surface area contributed by atoms with Gasteiger partial charge in [-0.15, -0.1) is 0 Å². The zero-order valence-electron chi connectivity index (χ0n) is 10.9. The van der Waals surface area contributed by atoms with E-state index in [1.165, 1.54) is 38.8 Å². The summed E-state index contributed by atoms with van der Waals surface area (Å²) in [6, 6.07) is 2.16. The summed E-state index contributed by atoms with van der Waals surface area (Å²) in [6.45, 7) is 2.43. The maximum atomic E-state index is 12.4. The lowest BCUT2D eigenvalue weighted by Crippen LogP contribution is -2.46. The van der Waals surface area contributed by atoms with E-state index in [1.54, 1.807) is 0 Å². The zero-order chi connectivity index (χ0) is 12.1. The van der Waals surface area contributed by atoms with Crippen LogP contribution in [0.1, 0.15) is 38.5 Å². The number of carbonyl (C=O) groups excluding carboxylic acids is 1. The average molecular weight is 249 g/mol. The van der Waals surface area contributed by atoms with Gasteiger partial charge < -0.3 is 10.6 Å². The quantitative estimate of drug-likeness (QED) is 0.748. The summed E-state index contributed by atoms with van der Waals surface area (Å²) in [5.41, 5.74) is 0. The first kappa shape index (κ1) is 11.2. The van der Waals surface area contributed by atoms with Crippen molar-refractivity contribution in [1.29, 1.82) is 0 Å². The number of fused-ring (bicyclic) bond motifs is 3. The van der Waals surface area contributed by atoms with E-state index in [4.69, 9.17) is 0 Å². The molecule has 5 unspecified atom stereocenters. The van der Waals surface area contributed by atoms with Crippen LogP contribution >= 0.6 is 0 Å². The van der Waals surface area contributed by atoms with E-state index in [0.29, 0.717) is 30.1 Å². The van der Waals surface area contributed by atoms with E-state index in [-0.39, 0.29) is 5.92 Å². The van der Waals surface area contributed by atoms with Gasteiger partial charge in [-0.1, -0.05) is 0 Å². The molecule has 4 heterocycles. The molecule has 0 aliphatic carbocycles. The lowest BCUT2D eigenvalue weighted by molar-refractivity contribution is -0.126. The van der Waals surface area contributed by atoms with Crippen molar-refractivity contribution in [3.8, 4) is 0 Å². The van der Waals surface area contributed by atoms with Gasteiger partial charge in [-0.05, 0) is 45.1 Å². The van der Waals surface area contributed by atoms with Crippen molar-refractivity contribution in [3.05, 3.63) is 0 Å². The summed E-state index contributed by atoms with van der Waals surface area (Å²) >= 11 is 0. The van der Waals surface area contributed by atoms with Crippen LogP contribution in [-0.2, 0) is 4.79 Å². The molecule has 18 heavy (non-hydrogen) atoms. The molecule has 100 valence electrons. The summed E-state index contributed by atoms with van der Waals surface area (Å²) in [6.07, 6.45) is 7.28. The second-order valence-corrected chi connectivity index (χ2v) is 6.54. The van der Waals surface area contributed by atoms with E-state index >= 15 is 0 Å². The maximum Gasteiger partial charge on any atom is 0.225 e. The van der Waals surface area contributed by atoms with E-state index < -0.39 is 0 Å². The van der Waals surface area contributed by atoms with E-state index in [9.17, 15) is 4.79 Å². The minimum atomic E-state index is 0.249. The third kappa shape index (κ3) is 1.69. The molecular formula is C14H23N3O. The zero-order valence-corrected chi connectivity index (χ0v) is 10.9. The Hall–Kier alpha value is -0.610. The molecule has 2 N–H and O–H groups in total. The Bertz CT molecular complexity index is 359. The monoisotopic (exact) mass is 249 g/mol. The first-order valence-corrected chi connectivity index (χ1v) is 7.62. The second-order valence-electron chi connectivity index (χ2n) is 6.54. The van der Waals surface area contributed by atoms with Gasteiger partial charge in [0.05, 0.1) is 5.92 Å². The first-order valence-electron chi connectivity index (χ1n) is 7.62. The van der Waals surface area contributed by atoms with Gasteiger partial charge in [-0.25, -0.2) is 0 Å². The largest absolute Gasteiger partial charge is 0.351 e. The number of carbonyl (C=O) groups is 1. The van der Waals surface area contributed by atoms with E-state index in [1.807, 2.05) is 0 Å². The number of rotatable bonds is 2. The first-order chi connectivity index (χ1) is 8.81. The molecular weight excluding hydrogens is 226 g/mol. The fraction of sp³-hybridized carbons (Fsp3) is 0.929. The Kier molecular flexibility index (Phi) is 2.62. The number of nitrogens with zero attached hydrogens (tertiary/aromatic N) is 1. The van der Waals surface area contributed by atoms with Crippen LogP contribution in [-0.4, -0.2) is 48.1 Å². The fourth-order valence-corrected chi connectivity index (χ4v) is 4.65. The average Bonchev–Trinajstić information content (AvgIpc) is 3.10. The molecule has 4 aliphatic heterocycles. The van der Waals surface area contributed by atoms with Crippen molar-refractivity contribution in [2.45, 2.75) is 62.7 Å². The van der Waals surface area contributed by atoms with E-state index in [2.05, 4.69) is 15.5 Å². The van der Waals surface area contributed by atoms with Crippen LogP contribution in [0.5, 0.6) is 0 Å². The van der Waals surface area contributed by atoms with E-state index in [0.717, 1.165) is 12.8 Å². The van der Waals surface area contributed by atoms with Crippen molar-refractivity contribution in [2.75, 3.05) is 13.1 Å². The predicted octanol–water partition coefficient (Wildman–Crippen LogP) is 0.480. The van der Waals surface area contributed by atoms with Crippen molar-refractivity contribution in [2.24, 2.45) is 5.92 Å². The van der Waals surface area contributed by atoms with Crippen molar-refractivity contribution < 1.29 is 4.79 Å². The highest BCUT2D eigenvalue weighted by Gasteiger charge is 2.44. The highest BCUT2D eigenvalue weighted by Crippen LogP contribution is 2.34. The molecule has 5 atom stereocenters. The van der Waals surface area contributed by atoms with Gasteiger partial charge in [-0.3, -0.25) is 9.69 Å². The number of hydrogen-bond donors (Lipinski definition) is 2. The molecule has 0 aromatic rings. The number of amides is 1. The topological polar surface area (TPSA) is 44.4 Å². The molecule has 0 saturated carbocycles. The minimum absolute atomic E-state index is 0.249. The Morgan fingerprint density at radius 1 is 1.17 bits per heavy atom. The van der Waals surface area contributed by atoms with Crippen LogP contribution in [0.25, 0.3) is 0 Å². The molecule has 4 heteroatoms. The van der Waals surface area contributed by atoms with Crippen molar-refractivity contribution in [1.82, 2.24) is 15.5 Å². The molecule has 4 saturated heterocycles. The molecule has 4 rings (SSSR count). The van der Waals surface area contributed by atoms with Crippen LogP contribution in [0.3, 0.4) is 0 Å². The highest BCUT2D eigenvalue weighted by atomic mass is 16.2.